The van der Waals surface area contributed by atoms with E-state index in [-0.39, 0.29) is 24.7 Å². The fourth-order valence-electron chi connectivity index (χ4n) is 0.0645. The second kappa shape index (κ2) is 5.72. The van der Waals surface area contributed by atoms with Gasteiger partial charge in [-0.25, -0.2) is 0 Å². The van der Waals surface area contributed by atoms with Crippen LogP contribution in [0.25, 0.3) is 0 Å². The first-order valence-electron chi connectivity index (χ1n) is 2.38. The Morgan fingerprint density at radius 1 is 2.14 bits per heavy atom. The molecule has 0 bridgehead atoms. The SMILES string of the molecule is Cl.[2H]N([2H])CC(=O)OC. The highest BCUT2D eigenvalue weighted by atomic mass is 35.5. The third-order valence-electron chi connectivity index (χ3n) is 0.357. The van der Waals surface area contributed by atoms with Crippen molar-refractivity contribution >= 4 is 18.4 Å². The van der Waals surface area contributed by atoms with Crippen LogP contribution in [-0.4, -0.2) is 19.6 Å². The van der Waals surface area contributed by atoms with Gasteiger partial charge in [0.05, 0.1) is 13.7 Å². The van der Waals surface area contributed by atoms with Crippen molar-refractivity contribution in [3.05, 3.63) is 0 Å². The maximum absolute atomic E-state index is 10.1. The Balaban J connectivity index is 0. The molecule has 0 aliphatic heterocycles. The first kappa shape index (κ1) is 4.87. The lowest BCUT2D eigenvalue weighted by atomic mass is 10.7. The number of carbonyl (C=O) groups is 1. The molecule has 44 valence electrons. The summed E-state index contributed by atoms with van der Waals surface area (Å²) < 4.78 is 17.0. The number of methoxy groups -OCH3 is 1. The maximum Gasteiger partial charge on any atom is 0.319 e. The van der Waals surface area contributed by atoms with E-state index in [1.54, 1.807) is 0 Å². The van der Waals surface area contributed by atoms with Gasteiger partial charge in [0.2, 0.25) is 0 Å². The number of rotatable bonds is 2. The summed E-state index contributed by atoms with van der Waals surface area (Å²) in [6, 6.07) is 0. The monoisotopic (exact) mass is 127 g/mol. The number of hydrogen-bond donors (Lipinski definition) is 1. The van der Waals surface area contributed by atoms with Crippen LogP contribution in [0.4, 0.5) is 0 Å². The van der Waals surface area contributed by atoms with E-state index in [1.165, 1.54) is 7.11 Å². The summed E-state index contributed by atoms with van der Waals surface area (Å²) in [6.45, 7) is -0.309. The second-order valence-electron chi connectivity index (χ2n) is 0.734. The predicted molar refractivity (Wildman–Crippen MR) is 28.3 cm³/mol. The highest BCUT2D eigenvalue weighted by Crippen LogP contribution is 1.61. The quantitative estimate of drug-likeness (QED) is 0.511. The number of carbonyl (C=O) groups excluding carboxylic acids is 1. The first-order valence-corrected chi connectivity index (χ1v) is 1.49. The molecule has 0 heterocycles. The van der Waals surface area contributed by atoms with Crippen LogP contribution in [0, 0.1) is 0 Å². The fraction of sp³-hybridized carbons (Fsp3) is 0.667. The van der Waals surface area contributed by atoms with Gasteiger partial charge < -0.3 is 10.5 Å². The average Bonchev–Trinajstić information content (AvgIpc) is 1.65. The fourth-order valence-corrected chi connectivity index (χ4v) is 0.0645. The summed E-state index contributed by atoms with van der Waals surface area (Å²) in [6.07, 6.45) is 0. The molecule has 0 rings (SSSR count). The van der Waals surface area contributed by atoms with Crippen molar-refractivity contribution in [2.75, 3.05) is 13.7 Å². The molecule has 0 aromatic rings. The lowest BCUT2D eigenvalue weighted by Crippen LogP contribution is -2.14. The summed E-state index contributed by atoms with van der Waals surface area (Å²) >= 11 is 0. The van der Waals surface area contributed by atoms with E-state index in [2.05, 4.69) is 4.74 Å². The molecule has 0 saturated heterocycles. The summed E-state index contributed by atoms with van der Waals surface area (Å²) in [5.41, 5.74) is 0.256. The Morgan fingerprint density at radius 3 is 2.86 bits per heavy atom. The minimum absolute atomic E-state index is 0. The molecule has 7 heavy (non-hydrogen) atoms. The molecule has 0 radical (unpaired) electrons. The highest BCUT2D eigenvalue weighted by Gasteiger charge is 1.87. The molecule has 0 aromatic carbocycles. The molecule has 2 N–H and O–H groups in total. The molecule has 0 aromatic heterocycles. The van der Waals surface area contributed by atoms with Gasteiger partial charge in [0.1, 0.15) is 2.82 Å². The molecular formula is C3H8ClNO2. The minimum Gasteiger partial charge on any atom is -0.468 e. The Morgan fingerprint density at radius 2 is 2.71 bits per heavy atom. The molecule has 0 atom stereocenters. The standard InChI is InChI=1S/C3H7NO2.ClH/c1-6-3(5)2-4;/h2,4H2,1H3;1H/i/hD2. The number of hydrogen-bond acceptors (Lipinski definition) is 3. The van der Waals surface area contributed by atoms with E-state index in [9.17, 15) is 4.79 Å². The van der Waals surface area contributed by atoms with Crippen LogP contribution in [0.3, 0.4) is 0 Å². The lowest BCUT2D eigenvalue weighted by Gasteiger charge is -1.87. The third kappa shape index (κ3) is 5.72. The number of ether oxygens (including phenoxy) is 1. The molecule has 0 amide bonds. The molecule has 0 aliphatic rings. The molecule has 0 aliphatic carbocycles. The molecule has 0 unspecified atom stereocenters. The van der Waals surface area contributed by atoms with Crippen LogP contribution in [0.2, 0.25) is 2.82 Å². The zero-order chi connectivity index (χ0) is 6.57. The number of nitrogens with two attached hydrogens (primary N) is 1. The van der Waals surface area contributed by atoms with Crippen molar-refractivity contribution < 1.29 is 12.4 Å². The van der Waals surface area contributed by atoms with E-state index < -0.39 is 5.97 Å². The maximum atomic E-state index is 10.1. The summed E-state index contributed by atoms with van der Waals surface area (Å²) in [5.74, 6) is -0.574. The van der Waals surface area contributed by atoms with Crippen LogP contribution in [0.1, 0.15) is 0 Å². The van der Waals surface area contributed by atoms with Crippen molar-refractivity contribution in [2.45, 2.75) is 0 Å². The normalized spacial score (nSPS) is 11.1. The highest BCUT2D eigenvalue weighted by molar-refractivity contribution is 5.85. The van der Waals surface area contributed by atoms with Crippen LogP contribution >= 0.6 is 12.4 Å². The van der Waals surface area contributed by atoms with Gasteiger partial charge in [0, 0.05) is 0 Å². The molecule has 0 saturated carbocycles. The summed E-state index contributed by atoms with van der Waals surface area (Å²) in [5, 5.41) is 0. The molecular weight excluding hydrogens is 117 g/mol. The van der Waals surface area contributed by atoms with Gasteiger partial charge in [-0.2, -0.15) is 0 Å². The zero-order valence-corrected chi connectivity index (χ0v) is 4.70. The number of halogens is 1. The van der Waals surface area contributed by atoms with E-state index in [0.717, 1.165) is 0 Å². The van der Waals surface area contributed by atoms with E-state index in [0.29, 0.717) is 0 Å². The van der Waals surface area contributed by atoms with Gasteiger partial charge in [0.15, 0.2) is 0 Å². The van der Waals surface area contributed by atoms with Crippen molar-refractivity contribution in [3.8, 4) is 0 Å². The van der Waals surface area contributed by atoms with Crippen molar-refractivity contribution in [1.29, 1.82) is 0 Å². The smallest absolute Gasteiger partial charge is 0.319 e. The average molecular weight is 128 g/mol. The molecule has 0 fully saturated rings. The van der Waals surface area contributed by atoms with Gasteiger partial charge in [-0.15, -0.1) is 12.4 Å². The van der Waals surface area contributed by atoms with Crippen LogP contribution in [0.15, 0.2) is 0 Å². The van der Waals surface area contributed by atoms with Gasteiger partial charge in [-0.3, -0.25) is 4.79 Å². The number of esters is 1. The summed E-state index contributed by atoms with van der Waals surface area (Å²) in [7, 11) is 1.21. The van der Waals surface area contributed by atoms with Gasteiger partial charge in [-0.05, 0) is 0 Å². The Hall–Kier alpha value is -0.280. The van der Waals surface area contributed by atoms with E-state index in [1.807, 2.05) is 0 Å². The zero-order valence-electron chi connectivity index (χ0n) is 5.88. The molecule has 0 spiro atoms. The van der Waals surface area contributed by atoms with E-state index >= 15 is 0 Å². The van der Waals surface area contributed by atoms with Crippen LogP contribution in [0.5, 0.6) is 0 Å². The third-order valence-corrected chi connectivity index (χ3v) is 0.357. The minimum atomic E-state index is -0.574. The molecule has 4 heteroatoms. The Labute approximate surface area is 51.2 Å². The van der Waals surface area contributed by atoms with Crippen LogP contribution in [-0.2, 0) is 9.53 Å². The topological polar surface area (TPSA) is 52.3 Å². The van der Waals surface area contributed by atoms with E-state index in [4.69, 9.17) is 2.82 Å². The molecule has 3 nitrogen and oxygen atoms in total. The van der Waals surface area contributed by atoms with Crippen LogP contribution < -0.4 is 5.72 Å². The summed E-state index contributed by atoms with van der Waals surface area (Å²) in [4.78, 5) is 10.1. The predicted octanol–water partition coefficient (Wildman–Crippen LogP) is -0.460. The largest absolute Gasteiger partial charge is 0.468 e. The van der Waals surface area contributed by atoms with Crippen molar-refractivity contribution in [2.24, 2.45) is 5.72 Å². The Bertz CT molecular complexity index is 89.9. The van der Waals surface area contributed by atoms with Gasteiger partial charge in [-0.1, -0.05) is 0 Å². The van der Waals surface area contributed by atoms with Crippen molar-refractivity contribution in [3.63, 3.8) is 0 Å². The van der Waals surface area contributed by atoms with Crippen molar-refractivity contribution in [1.82, 2.24) is 0 Å². The first-order chi connectivity index (χ1) is 3.66. The lowest BCUT2D eigenvalue weighted by molar-refractivity contribution is -0.138. The van der Waals surface area contributed by atoms with Gasteiger partial charge in [0.25, 0.3) is 0 Å². The van der Waals surface area contributed by atoms with Gasteiger partial charge >= 0.3 is 5.97 Å². The second-order valence-corrected chi connectivity index (χ2v) is 0.734. The Kier molecular flexibility index (Phi) is 3.98.